The van der Waals surface area contributed by atoms with Crippen molar-refractivity contribution in [3.8, 4) is 0 Å². The minimum absolute atomic E-state index is 0.116. The molecule has 0 amide bonds. The summed E-state index contributed by atoms with van der Waals surface area (Å²) < 4.78 is 11.5. The van der Waals surface area contributed by atoms with Crippen LogP contribution in [0.1, 0.15) is 24.0 Å². The Kier molecular flexibility index (Phi) is 3.94. The fraction of sp³-hybridized carbons (Fsp3) is 0.500. The van der Waals surface area contributed by atoms with E-state index in [9.17, 15) is 4.21 Å². The minimum Gasteiger partial charge on any atom is -0.370 e. The van der Waals surface area contributed by atoms with E-state index in [1.807, 2.05) is 26.0 Å². The van der Waals surface area contributed by atoms with Gasteiger partial charge in [-0.1, -0.05) is 6.07 Å². The second-order valence-electron chi connectivity index (χ2n) is 5.34. The van der Waals surface area contributed by atoms with Gasteiger partial charge in [-0.2, -0.15) is 0 Å². The quantitative estimate of drug-likeness (QED) is 0.654. The van der Waals surface area contributed by atoms with E-state index in [1.54, 1.807) is 6.26 Å². The van der Waals surface area contributed by atoms with Gasteiger partial charge in [0.1, 0.15) is 0 Å². The molecule has 0 radical (unpaired) electrons. The molecule has 1 atom stereocenters. The molecule has 0 saturated heterocycles. The van der Waals surface area contributed by atoms with Crippen molar-refractivity contribution in [1.29, 1.82) is 0 Å². The first kappa shape index (κ1) is 14.1. The normalized spacial score (nSPS) is 19.0. The summed E-state index contributed by atoms with van der Waals surface area (Å²) in [4.78, 5) is 4.32. The van der Waals surface area contributed by atoms with Crippen LogP contribution in [0.15, 0.2) is 23.2 Å². The molecule has 2 rings (SSSR count). The zero-order chi connectivity index (χ0) is 14.0. The van der Waals surface area contributed by atoms with Crippen LogP contribution in [0.2, 0.25) is 0 Å². The van der Waals surface area contributed by atoms with Crippen molar-refractivity contribution in [3.63, 3.8) is 0 Å². The first-order valence-corrected chi connectivity index (χ1v) is 7.96. The zero-order valence-corrected chi connectivity index (χ0v) is 12.5. The van der Waals surface area contributed by atoms with Crippen LogP contribution < -0.4 is 11.1 Å². The number of aryl methyl sites for hydroxylation is 2. The molecule has 0 aliphatic heterocycles. The van der Waals surface area contributed by atoms with Gasteiger partial charge in [0.15, 0.2) is 5.96 Å². The van der Waals surface area contributed by atoms with Crippen molar-refractivity contribution in [2.75, 3.05) is 18.1 Å². The van der Waals surface area contributed by atoms with Crippen LogP contribution >= 0.6 is 0 Å². The number of nitrogens with zero attached hydrogens (tertiary/aromatic N) is 1. The van der Waals surface area contributed by atoms with Crippen LogP contribution in [0.5, 0.6) is 0 Å². The lowest BCUT2D eigenvalue weighted by Crippen LogP contribution is -2.27. The molecular weight excluding hydrogens is 258 g/mol. The summed E-state index contributed by atoms with van der Waals surface area (Å²) >= 11 is 0. The predicted molar refractivity (Wildman–Crippen MR) is 82.1 cm³/mol. The van der Waals surface area contributed by atoms with Crippen molar-refractivity contribution >= 4 is 22.4 Å². The number of hydrogen-bond acceptors (Lipinski definition) is 2. The summed E-state index contributed by atoms with van der Waals surface area (Å²) in [6, 6.07) is 6.17. The van der Waals surface area contributed by atoms with Crippen molar-refractivity contribution < 1.29 is 4.21 Å². The lowest BCUT2D eigenvalue weighted by molar-refractivity contribution is 0.672. The van der Waals surface area contributed by atoms with E-state index in [0.717, 1.165) is 18.5 Å². The molecule has 1 aliphatic rings. The van der Waals surface area contributed by atoms with Gasteiger partial charge in [-0.15, -0.1) is 0 Å². The molecule has 1 aliphatic carbocycles. The van der Waals surface area contributed by atoms with Gasteiger partial charge in [-0.05, 0) is 49.9 Å². The predicted octanol–water partition coefficient (Wildman–Crippen LogP) is 1.94. The molecule has 0 bridgehead atoms. The highest BCUT2D eigenvalue weighted by molar-refractivity contribution is 7.86. The molecule has 1 aromatic carbocycles. The zero-order valence-electron chi connectivity index (χ0n) is 11.7. The Labute approximate surface area is 117 Å². The molecule has 104 valence electrons. The third-order valence-corrected chi connectivity index (χ3v) is 5.21. The maximum atomic E-state index is 11.6. The average Bonchev–Trinajstić information content (AvgIpc) is 3.05. The summed E-state index contributed by atoms with van der Waals surface area (Å²) in [6.45, 7) is 4.63. The van der Waals surface area contributed by atoms with Gasteiger partial charge in [0, 0.05) is 22.7 Å². The maximum absolute atomic E-state index is 11.6. The number of rotatable bonds is 4. The largest absolute Gasteiger partial charge is 0.370 e. The number of benzene rings is 1. The van der Waals surface area contributed by atoms with E-state index >= 15 is 0 Å². The molecule has 1 saturated carbocycles. The van der Waals surface area contributed by atoms with Gasteiger partial charge >= 0.3 is 0 Å². The van der Waals surface area contributed by atoms with Gasteiger partial charge in [0.25, 0.3) is 0 Å². The van der Waals surface area contributed by atoms with E-state index < -0.39 is 10.8 Å². The van der Waals surface area contributed by atoms with E-state index in [2.05, 4.69) is 16.4 Å². The van der Waals surface area contributed by atoms with E-state index in [1.165, 1.54) is 11.1 Å². The monoisotopic (exact) mass is 279 g/mol. The van der Waals surface area contributed by atoms with Crippen molar-refractivity contribution in [1.82, 2.24) is 0 Å². The fourth-order valence-corrected chi connectivity index (χ4v) is 3.06. The first-order chi connectivity index (χ1) is 8.91. The summed E-state index contributed by atoms with van der Waals surface area (Å²) in [6.07, 6.45) is 3.71. The molecule has 19 heavy (non-hydrogen) atoms. The number of hydrogen-bond donors (Lipinski definition) is 2. The van der Waals surface area contributed by atoms with E-state index in [0.29, 0.717) is 12.5 Å². The van der Waals surface area contributed by atoms with Crippen LogP contribution in [-0.2, 0) is 10.8 Å². The molecule has 1 unspecified atom stereocenters. The Morgan fingerprint density at radius 2 is 1.95 bits per heavy atom. The molecule has 1 fully saturated rings. The third kappa shape index (κ3) is 3.56. The van der Waals surface area contributed by atoms with Gasteiger partial charge < -0.3 is 11.1 Å². The topological polar surface area (TPSA) is 67.5 Å². The molecule has 0 aromatic heterocycles. The van der Waals surface area contributed by atoms with Gasteiger partial charge in [-0.25, -0.2) is 0 Å². The second kappa shape index (κ2) is 5.33. The lowest BCUT2D eigenvalue weighted by atomic mass is 10.1. The van der Waals surface area contributed by atoms with Gasteiger partial charge in [-0.3, -0.25) is 9.20 Å². The standard InChI is InChI=1S/C14H21N3OS/c1-10-6-11(2)8-12(7-10)17-13(15)16-9-14(4-5-14)19(3)18/h6-8H,4-5,9H2,1-3H3,(H3,15,16,17). The Hall–Kier alpha value is -1.36. The highest BCUT2D eigenvalue weighted by atomic mass is 32.2. The Morgan fingerprint density at radius 3 is 2.42 bits per heavy atom. The summed E-state index contributed by atoms with van der Waals surface area (Å²) in [5, 5.41) is 3.09. The fourth-order valence-electron chi connectivity index (χ4n) is 2.14. The summed E-state index contributed by atoms with van der Waals surface area (Å²) in [5.74, 6) is 0.390. The minimum atomic E-state index is -0.825. The lowest BCUT2D eigenvalue weighted by Gasteiger charge is -2.11. The average molecular weight is 279 g/mol. The van der Waals surface area contributed by atoms with Crippen molar-refractivity contribution in [2.24, 2.45) is 10.7 Å². The van der Waals surface area contributed by atoms with Crippen LogP contribution in [0.25, 0.3) is 0 Å². The number of anilines is 1. The SMILES string of the molecule is Cc1cc(C)cc(NC(N)=NCC2(S(C)=O)CC2)c1. The van der Waals surface area contributed by atoms with Crippen LogP contribution in [0, 0.1) is 13.8 Å². The molecule has 1 aromatic rings. The first-order valence-electron chi connectivity index (χ1n) is 6.40. The molecular formula is C14H21N3OS. The highest BCUT2D eigenvalue weighted by Crippen LogP contribution is 2.41. The van der Waals surface area contributed by atoms with Gasteiger partial charge in [0.05, 0.1) is 11.3 Å². The van der Waals surface area contributed by atoms with E-state index in [4.69, 9.17) is 5.73 Å². The second-order valence-corrected chi connectivity index (χ2v) is 7.11. The number of aliphatic imine (C=N–C) groups is 1. The third-order valence-electron chi connectivity index (χ3n) is 3.45. The number of nitrogens with one attached hydrogen (secondary N) is 1. The molecule has 3 N–H and O–H groups in total. The Morgan fingerprint density at radius 1 is 1.37 bits per heavy atom. The number of guanidine groups is 1. The maximum Gasteiger partial charge on any atom is 0.193 e. The van der Waals surface area contributed by atoms with Crippen molar-refractivity contribution in [2.45, 2.75) is 31.4 Å². The molecule has 0 heterocycles. The van der Waals surface area contributed by atoms with Crippen LogP contribution in [-0.4, -0.2) is 27.7 Å². The smallest absolute Gasteiger partial charge is 0.193 e. The van der Waals surface area contributed by atoms with Gasteiger partial charge in [0.2, 0.25) is 0 Å². The van der Waals surface area contributed by atoms with Crippen molar-refractivity contribution in [3.05, 3.63) is 29.3 Å². The molecule has 4 nitrogen and oxygen atoms in total. The number of nitrogens with two attached hydrogens (primary N) is 1. The summed E-state index contributed by atoms with van der Waals surface area (Å²) in [5.41, 5.74) is 9.19. The highest BCUT2D eigenvalue weighted by Gasteiger charge is 2.46. The Balaban J connectivity index is 2.00. The molecule has 5 heteroatoms. The Bertz CT molecular complexity index is 515. The van der Waals surface area contributed by atoms with E-state index in [-0.39, 0.29) is 4.75 Å². The van der Waals surface area contributed by atoms with Crippen LogP contribution in [0.4, 0.5) is 5.69 Å². The van der Waals surface area contributed by atoms with Crippen LogP contribution in [0.3, 0.4) is 0 Å². The summed E-state index contributed by atoms with van der Waals surface area (Å²) in [7, 11) is -0.825. The molecule has 0 spiro atoms.